The molecule has 11 aromatic rings. The summed E-state index contributed by atoms with van der Waals surface area (Å²) in [5.41, 5.74) is 11.1. The summed E-state index contributed by atoms with van der Waals surface area (Å²) in [4.78, 5) is 72.7. The van der Waals surface area contributed by atoms with Crippen LogP contribution in [0.3, 0.4) is 0 Å². The predicted octanol–water partition coefficient (Wildman–Crippen LogP) is 15.0. The third-order valence-corrected chi connectivity index (χ3v) is 13.6. The largest absolute Gasteiger partial charge is 0.462 e. The van der Waals surface area contributed by atoms with Gasteiger partial charge in [-0.25, -0.2) is 47.1 Å². The molecule has 4 heterocycles. The summed E-state index contributed by atoms with van der Waals surface area (Å²) < 4.78 is 51.5. The molecule has 3 aromatic heterocycles. The topological polar surface area (TPSA) is 250 Å². The van der Waals surface area contributed by atoms with Crippen molar-refractivity contribution in [2.24, 2.45) is 0 Å². The van der Waals surface area contributed by atoms with Crippen LogP contribution in [0.4, 0.5) is 83.5 Å². The molecule has 1 fully saturated rings. The number of rotatable bonds is 12. The lowest BCUT2D eigenvalue weighted by Gasteiger charge is -2.28. The number of hydrogen-bond donors (Lipinski definition) is 9. The zero-order chi connectivity index (χ0) is 62.3. The number of halogens is 3. The highest BCUT2D eigenvalue weighted by molar-refractivity contribution is 7.16. The minimum absolute atomic E-state index is 0.326. The highest BCUT2D eigenvalue weighted by Crippen LogP contribution is 2.24. The Morgan fingerprint density at radius 3 is 1.43 bits per heavy atom. The van der Waals surface area contributed by atoms with Gasteiger partial charge in [0.2, 0.25) is 0 Å². The van der Waals surface area contributed by atoms with Gasteiger partial charge in [0.1, 0.15) is 17.5 Å². The maximum absolute atomic E-state index is 12.8. The monoisotopic (exact) mass is 1220 g/mol. The van der Waals surface area contributed by atoms with E-state index in [1.807, 2.05) is 89.8 Å². The Balaban J connectivity index is 0.000000141. The molecule has 8 amide bonds. The number of fused-ring (bicyclic) bond motifs is 2. The van der Waals surface area contributed by atoms with Crippen LogP contribution >= 0.6 is 11.3 Å². The minimum Gasteiger partial charge on any atom is -0.462 e. The molecule has 0 aliphatic carbocycles. The van der Waals surface area contributed by atoms with Crippen molar-refractivity contribution in [1.82, 2.24) is 19.5 Å². The third-order valence-electron chi connectivity index (χ3n) is 12.8. The van der Waals surface area contributed by atoms with Crippen LogP contribution in [-0.2, 0) is 9.47 Å². The molecule has 1 saturated heterocycles. The summed E-state index contributed by atoms with van der Waals surface area (Å²) in [5.74, 6) is -1.41. The number of esters is 1. The van der Waals surface area contributed by atoms with Gasteiger partial charge in [0.05, 0.1) is 47.4 Å². The van der Waals surface area contributed by atoms with Crippen LogP contribution in [0.2, 0.25) is 0 Å². The number of urea groups is 4. The first-order valence-corrected chi connectivity index (χ1v) is 28.4. The number of morpholine rings is 1. The maximum Gasteiger partial charge on any atom is 0.338 e. The van der Waals surface area contributed by atoms with E-state index in [2.05, 4.69) is 62.4 Å². The van der Waals surface area contributed by atoms with E-state index in [1.165, 1.54) is 84.1 Å². The standard InChI is InChI=1S/C18H17N3O3.C17H18FN3O2.C16H13FN4O.C14H10FN3OS/c1-2-24-17(22)12-3-5-14(6-4-12)20-18(23)21-15-7-8-16-13(11-15)9-10-19-16;18-13-1-3-14(4-2-13)19-17(22)20-15-5-7-16(8-6-15)21-9-11-23-12-10-21;17-12-1-3-13(4-2-12)19-16(22)20-14-5-7-15(8-6-14)21-10-9-18-11-21;15-9-1-3-10(4-2-9)17-14(19)18-11-5-6-12-13(7-11)20-8-16-12/h3-11,19H,2H2,1H3,(H2,20,21,23);1-8H,9-12H2,(H2,19,20,22);1-11H,(H2,19,20,22);1-8H,(H2,17,18,19). The second kappa shape index (κ2) is 31.1. The summed E-state index contributed by atoms with van der Waals surface area (Å²) in [7, 11) is 0. The van der Waals surface area contributed by atoms with Crippen molar-refractivity contribution < 1.29 is 46.6 Å². The van der Waals surface area contributed by atoms with E-state index < -0.39 is 0 Å². The Morgan fingerprint density at radius 1 is 0.528 bits per heavy atom. The number of anilines is 9. The smallest absolute Gasteiger partial charge is 0.338 e. The molecule has 20 nitrogen and oxygen atoms in total. The molecule has 24 heteroatoms. The summed E-state index contributed by atoms with van der Waals surface area (Å²) in [6.45, 7) is 5.30. The van der Waals surface area contributed by atoms with E-state index >= 15 is 0 Å². The number of H-pyrrole nitrogens is 1. The highest BCUT2D eigenvalue weighted by atomic mass is 32.1. The molecule has 89 heavy (non-hydrogen) atoms. The van der Waals surface area contributed by atoms with Crippen LogP contribution < -0.4 is 47.4 Å². The van der Waals surface area contributed by atoms with Gasteiger partial charge in [-0.15, -0.1) is 11.3 Å². The number of aromatic nitrogens is 4. The number of carbonyl (C=O) groups is 5. The Kier molecular flexibility index (Phi) is 21.6. The number of nitrogens with one attached hydrogen (secondary N) is 9. The van der Waals surface area contributed by atoms with Crippen molar-refractivity contribution in [3.63, 3.8) is 0 Å². The normalized spacial score (nSPS) is 11.4. The third kappa shape index (κ3) is 19.3. The number of aromatic amines is 1. The molecule has 0 spiro atoms. The van der Waals surface area contributed by atoms with Gasteiger partial charge in [0.15, 0.2) is 0 Å². The second-order valence-electron chi connectivity index (χ2n) is 19.1. The summed E-state index contributed by atoms with van der Waals surface area (Å²) in [6, 6.07) is 49.8. The molecule has 9 N–H and O–H groups in total. The first-order valence-electron chi connectivity index (χ1n) is 27.5. The zero-order valence-electron chi connectivity index (χ0n) is 47.5. The molecule has 0 radical (unpaired) electrons. The molecule has 8 aromatic carbocycles. The fraction of sp³-hybridized carbons (Fsp3) is 0.0923. The van der Waals surface area contributed by atoms with Crippen LogP contribution in [-0.4, -0.2) is 82.5 Å². The average molecular weight is 1220 g/mol. The number of ether oxygens (including phenoxy) is 2. The number of benzene rings is 8. The van der Waals surface area contributed by atoms with E-state index in [0.29, 0.717) is 57.7 Å². The van der Waals surface area contributed by atoms with E-state index in [1.54, 1.807) is 67.4 Å². The molecular formula is C65H58F3N13O7S. The van der Waals surface area contributed by atoms with Gasteiger partial charge >= 0.3 is 30.1 Å². The number of nitrogens with zero attached hydrogens (tertiary/aromatic N) is 4. The first-order chi connectivity index (χ1) is 43.3. The SMILES string of the molecule is CCOC(=O)c1ccc(NC(=O)Nc2ccc3[nH]ccc3c2)cc1.O=C(Nc1ccc(F)cc1)Nc1ccc(-n2ccnc2)cc1.O=C(Nc1ccc(F)cc1)Nc1ccc(N2CCOCC2)cc1.O=C(Nc1ccc(F)cc1)Nc1ccc2ncsc2c1. The fourth-order valence-electron chi connectivity index (χ4n) is 8.45. The Morgan fingerprint density at radius 2 is 0.955 bits per heavy atom. The Labute approximate surface area is 512 Å². The van der Waals surface area contributed by atoms with E-state index in [-0.39, 0.29) is 47.5 Å². The lowest BCUT2D eigenvalue weighted by atomic mass is 10.2. The summed E-state index contributed by atoms with van der Waals surface area (Å²) >= 11 is 1.51. The molecular weight excluding hydrogens is 1160 g/mol. The molecule has 0 bridgehead atoms. The van der Waals surface area contributed by atoms with E-state index in [4.69, 9.17) is 9.47 Å². The minimum atomic E-state index is -0.387. The number of hydrogen-bond acceptors (Lipinski definition) is 11. The van der Waals surface area contributed by atoms with Gasteiger partial charge in [-0.05, 0) is 195 Å². The van der Waals surface area contributed by atoms with Gasteiger partial charge in [-0.2, -0.15) is 0 Å². The van der Waals surface area contributed by atoms with Crippen molar-refractivity contribution in [1.29, 1.82) is 0 Å². The van der Waals surface area contributed by atoms with Crippen molar-refractivity contribution in [2.75, 3.05) is 80.3 Å². The Bertz CT molecular complexity index is 4100. The van der Waals surface area contributed by atoms with Crippen LogP contribution in [0.1, 0.15) is 17.3 Å². The Hall–Kier alpha value is -11.5. The van der Waals surface area contributed by atoms with Gasteiger partial charge < -0.3 is 66.5 Å². The van der Waals surface area contributed by atoms with Crippen LogP contribution in [0.25, 0.3) is 26.8 Å². The predicted molar refractivity (Wildman–Crippen MR) is 343 cm³/mol. The van der Waals surface area contributed by atoms with Crippen molar-refractivity contribution >= 4 is 114 Å². The van der Waals surface area contributed by atoms with E-state index in [9.17, 15) is 37.1 Å². The van der Waals surface area contributed by atoms with E-state index in [0.717, 1.165) is 58.8 Å². The molecule has 452 valence electrons. The molecule has 0 unspecified atom stereocenters. The highest BCUT2D eigenvalue weighted by Gasteiger charge is 2.13. The van der Waals surface area contributed by atoms with Gasteiger partial charge in [-0.1, -0.05) is 0 Å². The van der Waals surface area contributed by atoms with Crippen molar-refractivity contribution in [3.8, 4) is 5.69 Å². The molecule has 12 rings (SSSR count). The van der Waals surface area contributed by atoms with Crippen molar-refractivity contribution in [2.45, 2.75) is 6.92 Å². The molecule has 1 aliphatic rings. The molecule has 0 atom stereocenters. The summed E-state index contributed by atoms with van der Waals surface area (Å²) in [6.07, 6.45) is 7.08. The van der Waals surface area contributed by atoms with Gasteiger partial charge in [0, 0.05) is 99.5 Å². The second-order valence-corrected chi connectivity index (χ2v) is 20.0. The number of thiazole rings is 1. The van der Waals surface area contributed by atoms with Crippen LogP contribution in [0, 0.1) is 17.5 Å². The average Bonchev–Trinajstić information content (AvgIpc) is 4.59. The number of amides is 8. The number of imidazole rings is 1. The lowest BCUT2D eigenvalue weighted by Crippen LogP contribution is -2.36. The molecule has 1 aliphatic heterocycles. The van der Waals surface area contributed by atoms with Crippen LogP contribution in [0.15, 0.2) is 218 Å². The van der Waals surface area contributed by atoms with Crippen LogP contribution in [0.5, 0.6) is 0 Å². The number of carbonyl (C=O) groups excluding carboxylic acids is 5. The fourth-order valence-corrected chi connectivity index (χ4v) is 9.16. The quantitative estimate of drug-likeness (QED) is 0.0523. The first kappa shape index (κ1) is 62.0. The van der Waals surface area contributed by atoms with Crippen molar-refractivity contribution in [3.05, 3.63) is 242 Å². The van der Waals surface area contributed by atoms with Gasteiger partial charge in [0.25, 0.3) is 0 Å². The summed E-state index contributed by atoms with van der Waals surface area (Å²) in [5, 5.41) is 22.6. The van der Waals surface area contributed by atoms with Gasteiger partial charge in [-0.3, -0.25) is 0 Å². The lowest BCUT2D eigenvalue weighted by molar-refractivity contribution is 0.0526. The maximum atomic E-state index is 12.8. The zero-order valence-corrected chi connectivity index (χ0v) is 48.3. The molecule has 0 saturated carbocycles.